The average molecular weight is 308 g/mol. The Balaban J connectivity index is 1.62. The molecule has 1 saturated heterocycles. The van der Waals surface area contributed by atoms with Crippen molar-refractivity contribution in [3.05, 3.63) is 35.4 Å². The van der Waals surface area contributed by atoms with E-state index in [0.717, 1.165) is 13.0 Å². The number of benzene rings is 1. The monoisotopic (exact) mass is 308 g/mol. The van der Waals surface area contributed by atoms with Gasteiger partial charge in [-0.2, -0.15) is 0 Å². The second kappa shape index (κ2) is 5.77. The number of amides is 1. The van der Waals surface area contributed by atoms with Crippen LogP contribution in [0.15, 0.2) is 24.3 Å². The zero-order valence-electron chi connectivity index (χ0n) is 11.9. The number of hydrogen-bond acceptors (Lipinski definition) is 4. The number of nitrogens with one attached hydrogen (secondary N) is 1. The van der Waals surface area contributed by atoms with Gasteiger partial charge in [-0.3, -0.25) is 4.79 Å². The molecule has 1 unspecified atom stereocenters. The molecular formula is C15H20N2O3S. The second-order valence-corrected chi connectivity index (χ2v) is 8.03. The molecule has 0 radical (unpaired) electrons. The largest absolute Gasteiger partial charge is 0.338 e. The Bertz CT molecular complexity index is 642. The SMILES string of the molecule is O=C(CC1CS(=O)(=O)CCN1)N1CCc2ccccc2C1. The molecule has 2 aliphatic heterocycles. The Morgan fingerprint density at radius 2 is 2.05 bits per heavy atom. The fourth-order valence-corrected chi connectivity index (χ4v) is 4.49. The van der Waals surface area contributed by atoms with Gasteiger partial charge in [0.05, 0.1) is 11.5 Å². The van der Waals surface area contributed by atoms with Crippen molar-refractivity contribution in [1.29, 1.82) is 0 Å². The molecule has 1 fully saturated rings. The van der Waals surface area contributed by atoms with E-state index < -0.39 is 9.84 Å². The zero-order valence-corrected chi connectivity index (χ0v) is 12.7. The first kappa shape index (κ1) is 14.5. The molecule has 0 aliphatic carbocycles. The molecule has 0 bridgehead atoms. The molecule has 2 aliphatic rings. The van der Waals surface area contributed by atoms with Gasteiger partial charge in [-0.15, -0.1) is 0 Å². The minimum absolute atomic E-state index is 0.0408. The van der Waals surface area contributed by atoms with Crippen molar-refractivity contribution >= 4 is 15.7 Å². The van der Waals surface area contributed by atoms with Crippen molar-refractivity contribution in [3.63, 3.8) is 0 Å². The highest BCUT2D eigenvalue weighted by Gasteiger charge is 2.28. The Kier molecular flexibility index (Phi) is 3.99. The third kappa shape index (κ3) is 3.44. The van der Waals surface area contributed by atoms with E-state index in [1.165, 1.54) is 11.1 Å². The van der Waals surface area contributed by atoms with Crippen LogP contribution in [0.25, 0.3) is 0 Å². The van der Waals surface area contributed by atoms with Crippen LogP contribution in [-0.2, 0) is 27.6 Å². The zero-order chi connectivity index (χ0) is 14.9. The molecule has 1 aromatic carbocycles. The van der Waals surface area contributed by atoms with Crippen LogP contribution in [-0.4, -0.2) is 49.9 Å². The Labute approximate surface area is 125 Å². The fourth-order valence-electron chi connectivity index (χ4n) is 3.05. The minimum Gasteiger partial charge on any atom is -0.338 e. The quantitative estimate of drug-likeness (QED) is 0.856. The minimum atomic E-state index is -2.99. The summed E-state index contributed by atoms with van der Waals surface area (Å²) < 4.78 is 23.2. The summed E-state index contributed by atoms with van der Waals surface area (Å²) in [6.45, 7) is 1.80. The van der Waals surface area contributed by atoms with Crippen molar-refractivity contribution in [1.82, 2.24) is 10.2 Å². The van der Waals surface area contributed by atoms with E-state index >= 15 is 0 Å². The summed E-state index contributed by atoms with van der Waals surface area (Å²) in [6, 6.07) is 7.92. The maximum Gasteiger partial charge on any atom is 0.224 e. The van der Waals surface area contributed by atoms with Crippen molar-refractivity contribution in [2.75, 3.05) is 24.6 Å². The first-order chi connectivity index (χ1) is 10.0. The number of rotatable bonds is 2. The lowest BCUT2D eigenvalue weighted by atomic mass is 9.99. The maximum absolute atomic E-state index is 12.4. The van der Waals surface area contributed by atoms with Gasteiger partial charge in [0.1, 0.15) is 0 Å². The summed E-state index contributed by atoms with van der Waals surface area (Å²) in [7, 11) is -2.99. The van der Waals surface area contributed by atoms with Crippen LogP contribution in [0.5, 0.6) is 0 Å². The molecule has 6 heteroatoms. The molecule has 1 N–H and O–H groups in total. The average Bonchev–Trinajstić information content (AvgIpc) is 2.45. The highest BCUT2D eigenvalue weighted by molar-refractivity contribution is 7.91. The van der Waals surface area contributed by atoms with Crippen molar-refractivity contribution in [2.45, 2.75) is 25.4 Å². The highest BCUT2D eigenvalue weighted by Crippen LogP contribution is 2.19. The number of fused-ring (bicyclic) bond motifs is 1. The van der Waals surface area contributed by atoms with E-state index in [4.69, 9.17) is 0 Å². The predicted molar refractivity (Wildman–Crippen MR) is 80.6 cm³/mol. The lowest BCUT2D eigenvalue weighted by molar-refractivity contribution is -0.132. The van der Waals surface area contributed by atoms with Crippen molar-refractivity contribution in [3.8, 4) is 0 Å². The van der Waals surface area contributed by atoms with E-state index in [1.54, 1.807) is 0 Å². The first-order valence-corrected chi connectivity index (χ1v) is 9.14. The number of carbonyl (C=O) groups is 1. The molecule has 1 atom stereocenters. The molecule has 0 spiro atoms. The third-order valence-corrected chi connectivity index (χ3v) is 5.94. The van der Waals surface area contributed by atoms with Crippen molar-refractivity contribution in [2.24, 2.45) is 0 Å². The van der Waals surface area contributed by atoms with E-state index in [-0.39, 0.29) is 29.9 Å². The van der Waals surface area contributed by atoms with Gasteiger partial charge < -0.3 is 10.2 Å². The third-order valence-electron chi connectivity index (χ3n) is 4.21. The summed E-state index contributed by atoms with van der Waals surface area (Å²) in [5, 5.41) is 3.14. The van der Waals surface area contributed by atoms with Crippen LogP contribution in [0.4, 0.5) is 0 Å². The summed E-state index contributed by atoms with van der Waals surface area (Å²) in [5.41, 5.74) is 2.50. The normalized spacial score (nSPS) is 24.4. The molecule has 21 heavy (non-hydrogen) atoms. The van der Waals surface area contributed by atoms with Gasteiger partial charge in [-0.1, -0.05) is 24.3 Å². The first-order valence-electron chi connectivity index (χ1n) is 7.32. The summed E-state index contributed by atoms with van der Waals surface area (Å²) in [4.78, 5) is 14.2. The highest BCUT2D eigenvalue weighted by atomic mass is 32.2. The molecule has 2 heterocycles. The summed E-state index contributed by atoms with van der Waals surface area (Å²) >= 11 is 0. The van der Waals surface area contributed by atoms with Crippen LogP contribution in [0, 0.1) is 0 Å². The molecule has 3 rings (SSSR count). The Morgan fingerprint density at radius 3 is 2.81 bits per heavy atom. The van der Waals surface area contributed by atoms with Crippen LogP contribution in [0.2, 0.25) is 0 Å². The standard InChI is InChI=1S/C15H20N2O3S/c18-15(9-14-11-21(19,20)8-6-16-14)17-7-5-12-3-1-2-4-13(12)10-17/h1-4,14,16H,5-11H2. The smallest absolute Gasteiger partial charge is 0.224 e. The van der Waals surface area contributed by atoms with E-state index in [9.17, 15) is 13.2 Å². The lowest BCUT2D eigenvalue weighted by Gasteiger charge is -2.31. The molecule has 1 aromatic rings. The van der Waals surface area contributed by atoms with Crippen LogP contribution < -0.4 is 5.32 Å². The second-order valence-electron chi connectivity index (χ2n) is 5.80. The van der Waals surface area contributed by atoms with Gasteiger partial charge in [-0.25, -0.2) is 8.42 Å². The molecule has 5 nitrogen and oxygen atoms in total. The van der Waals surface area contributed by atoms with E-state index in [2.05, 4.69) is 17.4 Å². The fraction of sp³-hybridized carbons (Fsp3) is 0.533. The van der Waals surface area contributed by atoms with Crippen LogP contribution in [0.1, 0.15) is 17.5 Å². The molecule has 114 valence electrons. The Morgan fingerprint density at radius 1 is 1.29 bits per heavy atom. The van der Waals surface area contributed by atoms with Gasteiger partial charge in [0, 0.05) is 32.1 Å². The Hall–Kier alpha value is -1.40. The van der Waals surface area contributed by atoms with Crippen LogP contribution in [0.3, 0.4) is 0 Å². The van der Waals surface area contributed by atoms with Crippen LogP contribution >= 0.6 is 0 Å². The predicted octanol–water partition coefficient (Wildman–Crippen LogP) is 0.348. The number of sulfone groups is 1. The number of hydrogen-bond donors (Lipinski definition) is 1. The van der Waals surface area contributed by atoms with Gasteiger partial charge in [-0.05, 0) is 17.5 Å². The molecule has 1 amide bonds. The van der Waals surface area contributed by atoms with E-state index in [0.29, 0.717) is 13.1 Å². The van der Waals surface area contributed by atoms with Gasteiger partial charge in [0.2, 0.25) is 5.91 Å². The number of nitrogens with zero attached hydrogens (tertiary/aromatic N) is 1. The van der Waals surface area contributed by atoms with Gasteiger partial charge in [0.25, 0.3) is 0 Å². The molecule has 0 saturated carbocycles. The number of carbonyl (C=O) groups excluding carboxylic acids is 1. The van der Waals surface area contributed by atoms with Gasteiger partial charge >= 0.3 is 0 Å². The molecular weight excluding hydrogens is 288 g/mol. The van der Waals surface area contributed by atoms with Crippen molar-refractivity contribution < 1.29 is 13.2 Å². The molecule has 0 aromatic heterocycles. The summed E-state index contributed by atoms with van der Waals surface area (Å²) in [5.74, 6) is 0.289. The van der Waals surface area contributed by atoms with Gasteiger partial charge in [0.15, 0.2) is 9.84 Å². The maximum atomic E-state index is 12.4. The van der Waals surface area contributed by atoms with E-state index in [1.807, 2.05) is 17.0 Å². The topological polar surface area (TPSA) is 66.5 Å². The lowest BCUT2D eigenvalue weighted by Crippen LogP contribution is -2.48. The summed E-state index contributed by atoms with van der Waals surface area (Å²) in [6.07, 6.45) is 1.14.